The van der Waals surface area contributed by atoms with E-state index in [1.165, 1.54) is 4.88 Å². The van der Waals surface area contributed by atoms with E-state index < -0.39 is 0 Å². The zero-order valence-corrected chi connectivity index (χ0v) is 12.5. The minimum atomic E-state index is 0.310. The van der Waals surface area contributed by atoms with Crippen molar-refractivity contribution >= 4 is 11.3 Å². The van der Waals surface area contributed by atoms with Crippen LogP contribution in [0.15, 0.2) is 40.3 Å². The highest BCUT2D eigenvalue weighted by molar-refractivity contribution is 7.09. The molecule has 2 rings (SSSR count). The van der Waals surface area contributed by atoms with Gasteiger partial charge >= 0.3 is 0 Å². The normalized spacial score (nSPS) is 13.0. The zero-order valence-electron chi connectivity index (χ0n) is 11.6. The molecule has 0 saturated carbocycles. The number of thiophene rings is 1. The maximum Gasteiger partial charge on any atom is 0.122 e. The average Bonchev–Trinajstić information content (AvgIpc) is 3.11. The van der Waals surface area contributed by atoms with Crippen LogP contribution in [0.5, 0.6) is 0 Å². The Labute approximate surface area is 119 Å². The van der Waals surface area contributed by atoms with E-state index >= 15 is 0 Å². The van der Waals surface area contributed by atoms with Crippen molar-refractivity contribution in [2.75, 3.05) is 19.6 Å². The molecule has 1 unspecified atom stereocenters. The fourth-order valence-corrected chi connectivity index (χ4v) is 2.97. The SMILES string of the molecule is CCN(CC)C(CNCc1cccs1)c1ccco1. The third-order valence-electron chi connectivity index (χ3n) is 3.34. The predicted molar refractivity (Wildman–Crippen MR) is 80.4 cm³/mol. The van der Waals surface area contributed by atoms with Gasteiger partial charge < -0.3 is 9.73 Å². The van der Waals surface area contributed by atoms with E-state index in [-0.39, 0.29) is 0 Å². The Morgan fingerprint density at radius 1 is 1.26 bits per heavy atom. The Balaban J connectivity index is 1.94. The molecule has 0 radical (unpaired) electrons. The van der Waals surface area contributed by atoms with Crippen molar-refractivity contribution in [1.82, 2.24) is 10.2 Å². The summed E-state index contributed by atoms with van der Waals surface area (Å²) < 4.78 is 5.59. The van der Waals surface area contributed by atoms with Gasteiger partial charge in [-0.05, 0) is 36.7 Å². The summed E-state index contributed by atoms with van der Waals surface area (Å²) in [5, 5.41) is 5.65. The molecule has 0 saturated heterocycles. The van der Waals surface area contributed by atoms with Gasteiger partial charge in [0.25, 0.3) is 0 Å². The lowest BCUT2D eigenvalue weighted by atomic mass is 10.2. The molecule has 1 N–H and O–H groups in total. The van der Waals surface area contributed by atoms with Gasteiger partial charge in [0.1, 0.15) is 5.76 Å². The highest BCUT2D eigenvalue weighted by Crippen LogP contribution is 2.20. The molecule has 2 heterocycles. The fraction of sp³-hybridized carbons (Fsp3) is 0.467. The van der Waals surface area contributed by atoms with Crippen molar-refractivity contribution in [2.45, 2.75) is 26.4 Å². The van der Waals surface area contributed by atoms with E-state index in [4.69, 9.17) is 4.42 Å². The minimum Gasteiger partial charge on any atom is -0.468 e. The summed E-state index contributed by atoms with van der Waals surface area (Å²) in [6.07, 6.45) is 1.76. The number of nitrogens with zero attached hydrogens (tertiary/aromatic N) is 1. The van der Waals surface area contributed by atoms with Crippen LogP contribution in [0.3, 0.4) is 0 Å². The van der Waals surface area contributed by atoms with Crippen LogP contribution in [-0.4, -0.2) is 24.5 Å². The molecule has 0 aromatic carbocycles. The summed E-state index contributed by atoms with van der Waals surface area (Å²) in [6, 6.07) is 8.60. The van der Waals surface area contributed by atoms with Crippen molar-refractivity contribution in [2.24, 2.45) is 0 Å². The Hall–Kier alpha value is -1.10. The smallest absolute Gasteiger partial charge is 0.122 e. The standard InChI is InChI=1S/C15H22N2OS/c1-3-17(4-2)14(15-8-5-9-18-15)12-16-11-13-7-6-10-19-13/h5-10,14,16H,3-4,11-12H2,1-2H3. The predicted octanol–water partition coefficient (Wildman–Crippen LogP) is 3.51. The van der Waals surface area contributed by atoms with Gasteiger partial charge in [0.05, 0.1) is 12.3 Å². The number of rotatable bonds is 8. The Morgan fingerprint density at radius 3 is 2.68 bits per heavy atom. The van der Waals surface area contributed by atoms with Gasteiger partial charge in [-0.3, -0.25) is 4.90 Å². The molecule has 19 heavy (non-hydrogen) atoms. The molecule has 3 nitrogen and oxygen atoms in total. The molecule has 0 amide bonds. The zero-order chi connectivity index (χ0) is 13.5. The molecule has 104 valence electrons. The van der Waals surface area contributed by atoms with E-state index in [0.29, 0.717) is 6.04 Å². The van der Waals surface area contributed by atoms with Crippen LogP contribution in [-0.2, 0) is 6.54 Å². The van der Waals surface area contributed by atoms with Gasteiger partial charge in [-0.1, -0.05) is 19.9 Å². The van der Waals surface area contributed by atoms with Crippen LogP contribution in [0.4, 0.5) is 0 Å². The lowest BCUT2D eigenvalue weighted by molar-refractivity contribution is 0.188. The monoisotopic (exact) mass is 278 g/mol. The van der Waals surface area contributed by atoms with Crippen LogP contribution < -0.4 is 5.32 Å². The average molecular weight is 278 g/mol. The number of hydrogen-bond donors (Lipinski definition) is 1. The summed E-state index contributed by atoms with van der Waals surface area (Å²) >= 11 is 1.79. The van der Waals surface area contributed by atoms with Crippen LogP contribution in [0.25, 0.3) is 0 Å². The van der Waals surface area contributed by atoms with E-state index in [9.17, 15) is 0 Å². The van der Waals surface area contributed by atoms with E-state index in [1.807, 2.05) is 6.07 Å². The molecular formula is C15H22N2OS. The third-order valence-corrected chi connectivity index (χ3v) is 4.22. The summed E-state index contributed by atoms with van der Waals surface area (Å²) in [6.45, 7) is 8.28. The minimum absolute atomic E-state index is 0.310. The van der Waals surface area contributed by atoms with E-state index in [1.54, 1.807) is 17.6 Å². The van der Waals surface area contributed by atoms with E-state index in [0.717, 1.165) is 31.9 Å². The molecular weight excluding hydrogens is 256 g/mol. The maximum absolute atomic E-state index is 5.59. The highest BCUT2D eigenvalue weighted by atomic mass is 32.1. The van der Waals surface area contributed by atoms with Crippen LogP contribution in [0.2, 0.25) is 0 Å². The first kappa shape index (κ1) is 14.3. The first-order valence-corrected chi connectivity index (χ1v) is 7.73. The first-order valence-electron chi connectivity index (χ1n) is 6.85. The Morgan fingerprint density at radius 2 is 2.11 bits per heavy atom. The van der Waals surface area contributed by atoms with Crippen LogP contribution in [0, 0.1) is 0 Å². The van der Waals surface area contributed by atoms with Crippen molar-refractivity contribution in [3.05, 3.63) is 46.5 Å². The van der Waals surface area contributed by atoms with Gasteiger partial charge in [0, 0.05) is 18.0 Å². The second-order valence-electron chi connectivity index (χ2n) is 4.46. The maximum atomic E-state index is 5.59. The lowest BCUT2D eigenvalue weighted by Crippen LogP contribution is -2.35. The molecule has 0 aliphatic rings. The second kappa shape index (κ2) is 7.48. The van der Waals surface area contributed by atoms with Gasteiger partial charge in [-0.15, -0.1) is 11.3 Å². The molecule has 0 aliphatic heterocycles. The van der Waals surface area contributed by atoms with Crippen LogP contribution >= 0.6 is 11.3 Å². The molecule has 0 fully saturated rings. The molecule has 2 aromatic rings. The third kappa shape index (κ3) is 3.93. The molecule has 4 heteroatoms. The highest BCUT2D eigenvalue weighted by Gasteiger charge is 2.19. The van der Waals surface area contributed by atoms with Crippen LogP contribution in [0.1, 0.15) is 30.5 Å². The summed E-state index contributed by atoms with van der Waals surface area (Å²) in [7, 11) is 0. The quantitative estimate of drug-likeness (QED) is 0.801. The topological polar surface area (TPSA) is 28.4 Å². The van der Waals surface area contributed by atoms with Gasteiger partial charge in [-0.25, -0.2) is 0 Å². The first-order chi connectivity index (χ1) is 9.35. The van der Waals surface area contributed by atoms with Gasteiger partial charge in [0.15, 0.2) is 0 Å². The number of hydrogen-bond acceptors (Lipinski definition) is 4. The second-order valence-corrected chi connectivity index (χ2v) is 5.49. The van der Waals surface area contributed by atoms with Crippen molar-refractivity contribution in [3.63, 3.8) is 0 Å². The number of nitrogens with one attached hydrogen (secondary N) is 1. The molecule has 1 atom stereocenters. The summed E-state index contributed by atoms with van der Waals surface area (Å²) in [4.78, 5) is 3.79. The largest absolute Gasteiger partial charge is 0.468 e. The summed E-state index contributed by atoms with van der Waals surface area (Å²) in [5.41, 5.74) is 0. The summed E-state index contributed by atoms with van der Waals surface area (Å²) in [5.74, 6) is 1.04. The Kier molecular flexibility index (Phi) is 5.63. The van der Waals surface area contributed by atoms with Gasteiger partial charge in [-0.2, -0.15) is 0 Å². The lowest BCUT2D eigenvalue weighted by Gasteiger charge is -2.28. The molecule has 2 aromatic heterocycles. The number of likely N-dealkylation sites (N-methyl/N-ethyl adjacent to an activating group) is 1. The molecule has 0 bridgehead atoms. The van der Waals surface area contributed by atoms with Crippen molar-refractivity contribution in [3.8, 4) is 0 Å². The van der Waals surface area contributed by atoms with Crippen molar-refractivity contribution < 1.29 is 4.42 Å². The van der Waals surface area contributed by atoms with E-state index in [2.05, 4.69) is 47.6 Å². The molecule has 0 aliphatic carbocycles. The van der Waals surface area contributed by atoms with Crippen molar-refractivity contribution in [1.29, 1.82) is 0 Å². The Bertz CT molecular complexity index is 435. The van der Waals surface area contributed by atoms with Gasteiger partial charge in [0.2, 0.25) is 0 Å². The molecule has 0 spiro atoms. The fourth-order valence-electron chi connectivity index (χ4n) is 2.30. The number of furan rings is 1.